The van der Waals surface area contributed by atoms with Crippen molar-refractivity contribution in [3.63, 3.8) is 0 Å². The van der Waals surface area contributed by atoms with Crippen LogP contribution >= 0.6 is 0 Å². The highest BCUT2D eigenvalue weighted by atomic mass is 16.5. The van der Waals surface area contributed by atoms with Crippen LogP contribution in [0.4, 0.5) is 0 Å². The summed E-state index contributed by atoms with van der Waals surface area (Å²) in [6.45, 7) is 4.51. The van der Waals surface area contributed by atoms with Crippen molar-refractivity contribution in [2.45, 2.75) is 13.3 Å². The Hall–Kier alpha value is -1.50. The first-order chi connectivity index (χ1) is 8.36. The van der Waals surface area contributed by atoms with Gasteiger partial charge in [0.2, 0.25) is 0 Å². The minimum Gasteiger partial charge on any atom is -0.493 e. The van der Waals surface area contributed by atoms with Crippen LogP contribution in [0.15, 0.2) is 24.3 Å². The molecule has 0 bridgehead atoms. The van der Waals surface area contributed by atoms with E-state index in [1.165, 1.54) is 0 Å². The van der Waals surface area contributed by atoms with E-state index in [2.05, 4.69) is 11.8 Å². The van der Waals surface area contributed by atoms with Gasteiger partial charge in [-0.3, -0.25) is 0 Å². The molecule has 0 aliphatic heterocycles. The smallest absolute Gasteiger partial charge is 0.120 e. The van der Waals surface area contributed by atoms with Gasteiger partial charge in [0.1, 0.15) is 5.75 Å². The van der Waals surface area contributed by atoms with Crippen molar-refractivity contribution in [2.24, 2.45) is 5.73 Å². The van der Waals surface area contributed by atoms with Crippen molar-refractivity contribution in [1.29, 1.82) is 0 Å². The molecule has 0 atom stereocenters. The first kappa shape index (κ1) is 13.6. The monoisotopic (exact) mass is 233 g/mol. The normalized spacial score (nSPS) is 9.53. The maximum Gasteiger partial charge on any atom is 0.120 e. The second-order valence-corrected chi connectivity index (χ2v) is 3.43. The van der Waals surface area contributed by atoms with Gasteiger partial charge in [-0.1, -0.05) is 17.9 Å². The van der Waals surface area contributed by atoms with Gasteiger partial charge in [0.05, 0.1) is 13.2 Å². The molecule has 1 rings (SSSR count). The minimum absolute atomic E-state index is 0.374. The van der Waals surface area contributed by atoms with Gasteiger partial charge in [0.15, 0.2) is 0 Å². The second-order valence-electron chi connectivity index (χ2n) is 3.43. The Morgan fingerprint density at radius 3 is 2.94 bits per heavy atom. The van der Waals surface area contributed by atoms with Gasteiger partial charge in [-0.2, -0.15) is 0 Å². The Morgan fingerprint density at radius 1 is 1.29 bits per heavy atom. The van der Waals surface area contributed by atoms with Crippen molar-refractivity contribution in [3.05, 3.63) is 29.8 Å². The van der Waals surface area contributed by atoms with E-state index in [9.17, 15) is 0 Å². The van der Waals surface area contributed by atoms with E-state index in [-0.39, 0.29) is 0 Å². The van der Waals surface area contributed by atoms with Gasteiger partial charge >= 0.3 is 0 Å². The molecular formula is C14H19NO2. The molecule has 0 amide bonds. The lowest BCUT2D eigenvalue weighted by atomic mass is 10.2. The lowest BCUT2D eigenvalue weighted by Crippen LogP contribution is -2.02. The molecule has 3 heteroatoms. The molecule has 0 saturated heterocycles. The summed E-state index contributed by atoms with van der Waals surface area (Å²) in [7, 11) is 0. The molecule has 0 unspecified atom stereocenters. The molecule has 0 saturated carbocycles. The van der Waals surface area contributed by atoms with Crippen LogP contribution in [0.25, 0.3) is 0 Å². The maximum absolute atomic E-state index is 5.59. The Labute approximate surface area is 103 Å². The topological polar surface area (TPSA) is 44.5 Å². The van der Waals surface area contributed by atoms with Crippen LogP contribution in [0, 0.1) is 11.8 Å². The number of ether oxygens (including phenoxy) is 2. The Kier molecular flexibility index (Phi) is 6.89. The molecule has 0 aliphatic carbocycles. The van der Waals surface area contributed by atoms with Gasteiger partial charge < -0.3 is 15.2 Å². The zero-order valence-electron chi connectivity index (χ0n) is 10.2. The quantitative estimate of drug-likeness (QED) is 0.602. The molecular weight excluding hydrogens is 214 g/mol. The highest BCUT2D eigenvalue weighted by molar-refractivity contribution is 5.39. The third-order valence-electron chi connectivity index (χ3n) is 2.07. The third-order valence-corrected chi connectivity index (χ3v) is 2.07. The molecule has 0 spiro atoms. The van der Waals surface area contributed by atoms with Crippen LogP contribution in [0.3, 0.4) is 0 Å². The molecule has 0 heterocycles. The third kappa shape index (κ3) is 5.96. The Balaban J connectivity index is 2.38. The van der Waals surface area contributed by atoms with Gasteiger partial charge in [-0.25, -0.2) is 0 Å². The first-order valence-corrected chi connectivity index (χ1v) is 5.86. The molecule has 0 aliphatic rings. The van der Waals surface area contributed by atoms with E-state index < -0.39 is 0 Å². The summed E-state index contributed by atoms with van der Waals surface area (Å²) in [4.78, 5) is 0. The molecule has 1 aromatic carbocycles. The number of hydrogen-bond acceptors (Lipinski definition) is 3. The van der Waals surface area contributed by atoms with E-state index >= 15 is 0 Å². The van der Waals surface area contributed by atoms with Gasteiger partial charge in [0.25, 0.3) is 0 Å². The van der Waals surface area contributed by atoms with Crippen molar-refractivity contribution < 1.29 is 9.47 Å². The van der Waals surface area contributed by atoms with Gasteiger partial charge in [-0.05, 0) is 25.1 Å². The summed E-state index contributed by atoms with van der Waals surface area (Å²) >= 11 is 0. The standard InChI is InChI=1S/C14H19NO2/c1-2-16-10-5-11-17-14-8-3-6-13(12-14)7-4-9-15/h3,6,8,12H,2,5,9-11,15H2,1H3. The molecule has 0 aromatic heterocycles. The zero-order chi connectivity index (χ0) is 12.3. The van der Waals surface area contributed by atoms with E-state index in [4.69, 9.17) is 15.2 Å². The average molecular weight is 233 g/mol. The molecule has 2 N–H and O–H groups in total. The summed E-state index contributed by atoms with van der Waals surface area (Å²) in [6, 6.07) is 7.71. The van der Waals surface area contributed by atoms with E-state index in [1.54, 1.807) is 0 Å². The molecule has 1 aromatic rings. The van der Waals surface area contributed by atoms with Crippen molar-refractivity contribution in [2.75, 3.05) is 26.4 Å². The number of hydrogen-bond donors (Lipinski definition) is 1. The Morgan fingerprint density at radius 2 is 2.18 bits per heavy atom. The summed E-state index contributed by atoms with van der Waals surface area (Å²) in [5, 5.41) is 0. The van der Waals surface area contributed by atoms with E-state index in [0.29, 0.717) is 13.2 Å². The summed E-state index contributed by atoms with van der Waals surface area (Å²) in [5.41, 5.74) is 6.25. The average Bonchev–Trinajstić information content (AvgIpc) is 2.37. The maximum atomic E-state index is 5.59. The molecule has 92 valence electrons. The number of rotatable bonds is 6. The van der Waals surface area contributed by atoms with Crippen LogP contribution in [-0.2, 0) is 4.74 Å². The number of nitrogens with two attached hydrogens (primary N) is 1. The van der Waals surface area contributed by atoms with Crippen LogP contribution in [-0.4, -0.2) is 26.4 Å². The lowest BCUT2D eigenvalue weighted by Gasteiger charge is -2.06. The second kappa shape index (κ2) is 8.63. The fourth-order valence-corrected chi connectivity index (χ4v) is 1.31. The van der Waals surface area contributed by atoms with Gasteiger partial charge in [0, 0.05) is 25.2 Å². The van der Waals surface area contributed by atoms with Crippen molar-refractivity contribution in [1.82, 2.24) is 0 Å². The fourth-order valence-electron chi connectivity index (χ4n) is 1.31. The molecule has 3 nitrogen and oxygen atoms in total. The highest BCUT2D eigenvalue weighted by Crippen LogP contribution is 2.12. The lowest BCUT2D eigenvalue weighted by molar-refractivity contribution is 0.131. The van der Waals surface area contributed by atoms with Crippen LogP contribution < -0.4 is 10.5 Å². The largest absolute Gasteiger partial charge is 0.493 e. The predicted molar refractivity (Wildman–Crippen MR) is 69.0 cm³/mol. The molecule has 17 heavy (non-hydrogen) atoms. The van der Waals surface area contributed by atoms with E-state index in [1.807, 2.05) is 31.2 Å². The van der Waals surface area contributed by atoms with Crippen molar-refractivity contribution in [3.8, 4) is 17.6 Å². The minimum atomic E-state index is 0.374. The van der Waals surface area contributed by atoms with Crippen LogP contribution in [0.2, 0.25) is 0 Å². The molecule has 0 fully saturated rings. The zero-order valence-corrected chi connectivity index (χ0v) is 10.2. The first-order valence-electron chi connectivity index (χ1n) is 5.86. The summed E-state index contributed by atoms with van der Waals surface area (Å²) in [5.74, 6) is 6.63. The SMILES string of the molecule is CCOCCCOc1cccc(C#CCN)c1. The highest BCUT2D eigenvalue weighted by Gasteiger charge is 1.95. The van der Waals surface area contributed by atoms with Crippen LogP contribution in [0.1, 0.15) is 18.9 Å². The van der Waals surface area contributed by atoms with Crippen LogP contribution in [0.5, 0.6) is 5.75 Å². The van der Waals surface area contributed by atoms with Gasteiger partial charge in [-0.15, -0.1) is 0 Å². The summed E-state index contributed by atoms with van der Waals surface area (Å²) in [6.07, 6.45) is 0.895. The van der Waals surface area contributed by atoms with Crippen molar-refractivity contribution >= 4 is 0 Å². The predicted octanol–water partition coefficient (Wildman–Crippen LogP) is 1.80. The summed E-state index contributed by atoms with van der Waals surface area (Å²) < 4.78 is 10.8. The molecule has 0 radical (unpaired) electrons. The Bertz CT molecular complexity index is 379. The van der Waals surface area contributed by atoms with E-state index in [0.717, 1.165) is 30.9 Å². The fraction of sp³-hybridized carbons (Fsp3) is 0.429. The number of benzene rings is 1.